The van der Waals surface area contributed by atoms with Crippen LogP contribution in [-0.2, 0) is 11.3 Å². The molecule has 0 saturated heterocycles. The standard InChI is InChI=1S/C28H31N3O4/c1-5-20-11-13-21(14-12-20)22-15-18-31(19-22,27(34)29-35-28(2,3)4)17-8-16-30-25(32)23-9-6-7-10-24(23)26(30)33/h6-7,9-15,18-19H,5,8,16-17H2,1-4H3/p+1. The summed E-state index contributed by atoms with van der Waals surface area (Å²) in [5.74, 6) is -0.580. The van der Waals surface area contributed by atoms with Crippen molar-refractivity contribution in [2.45, 2.75) is 46.1 Å². The van der Waals surface area contributed by atoms with Crippen LogP contribution in [0.1, 0.15) is 66.0 Å². The quantitative estimate of drug-likeness (QED) is 0.346. The normalized spacial score (nSPS) is 19.2. The Morgan fingerprint density at radius 1 is 1.00 bits per heavy atom. The van der Waals surface area contributed by atoms with Crippen molar-refractivity contribution < 1.29 is 23.7 Å². The van der Waals surface area contributed by atoms with Gasteiger partial charge in [0.05, 0.1) is 23.3 Å². The lowest BCUT2D eigenvalue weighted by Gasteiger charge is -2.28. The number of hydrogen-bond donors (Lipinski definition) is 1. The van der Waals surface area contributed by atoms with E-state index in [1.807, 2.05) is 39.2 Å². The van der Waals surface area contributed by atoms with Crippen molar-refractivity contribution in [3.63, 3.8) is 0 Å². The molecule has 2 heterocycles. The summed E-state index contributed by atoms with van der Waals surface area (Å²) in [5, 5.41) is 0. The third kappa shape index (κ3) is 5.11. The van der Waals surface area contributed by atoms with Crippen LogP contribution in [0.25, 0.3) is 5.57 Å². The number of benzene rings is 2. The van der Waals surface area contributed by atoms with Crippen molar-refractivity contribution in [2.75, 3.05) is 13.1 Å². The number of carbonyl (C=O) groups is 3. The van der Waals surface area contributed by atoms with Crippen molar-refractivity contribution in [3.8, 4) is 0 Å². The summed E-state index contributed by atoms with van der Waals surface area (Å²) >= 11 is 0. The van der Waals surface area contributed by atoms with Crippen molar-refractivity contribution in [1.82, 2.24) is 10.4 Å². The van der Waals surface area contributed by atoms with Crippen LogP contribution < -0.4 is 5.48 Å². The second kappa shape index (κ2) is 9.60. The Bertz CT molecular complexity index is 1170. The summed E-state index contributed by atoms with van der Waals surface area (Å²) in [5.41, 5.74) is 6.09. The molecule has 1 N–H and O–H groups in total. The first-order valence-electron chi connectivity index (χ1n) is 12.0. The van der Waals surface area contributed by atoms with Gasteiger partial charge < -0.3 is 0 Å². The van der Waals surface area contributed by atoms with Crippen LogP contribution in [0, 0.1) is 0 Å². The van der Waals surface area contributed by atoms with Crippen molar-refractivity contribution in [1.29, 1.82) is 0 Å². The first-order valence-corrected chi connectivity index (χ1v) is 12.0. The number of amides is 4. The maximum atomic E-state index is 13.3. The molecule has 4 rings (SSSR count). The maximum absolute atomic E-state index is 13.3. The Morgan fingerprint density at radius 3 is 2.20 bits per heavy atom. The van der Waals surface area contributed by atoms with Gasteiger partial charge in [-0.25, -0.2) is 4.79 Å². The molecule has 0 radical (unpaired) electrons. The summed E-state index contributed by atoms with van der Waals surface area (Å²) in [4.78, 5) is 45.6. The Morgan fingerprint density at radius 2 is 1.63 bits per heavy atom. The number of carbonyl (C=O) groups excluding carboxylic acids is 3. The third-order valence-corrected chi connectivity index (χ3v) is 6.20. The fourth-order valence-corrected chi connectivity index (χ4v) is 4.23. The molecule has 0 aromatic heterocycles. The minimum absolute atomic E-state index is 0.121. The smallest absolute Gasteiger partial charge is 0.274 e. The zero-order valence-corrected chi connectivity index (χ0v) is 20.7. The average molecular weight is 475 g/mol. The fourth-order valence-electron chi connectivity index (χ4n) is 4.23. The second-order valence-corrected chi connectivity index (χ2v) is 9.89. The Hall–Kier alpha value is -3.55. The summed E-state index contributed by atoms with van der Waals surface area (Å²) < 4.78 is -0.121. The second-order valence-electron chi connectivity index (χ2n) is 9.89. The van der Waals surface area contributed by atoms with E-state index in [0.717, 1.165) is 17.6 Å². The van der Waals surface area contributed by atoms with E-state index in [1.54, 1.807) is 24.3 Å². The molecule has 1 unspecified atom stereocenters. The predicted octanol–water partition coefficient (Wildman–Crippen LogP) is 5.06. The molecule has 0 bridgehead atoms. The number of nitrogens with zero attached hydrogens (tertiary/aromatic N) is 2. The highest BCUT2D eigenvalue weighted by Crippen LogP contribution is 2.30. The molecule has 7 heteroatoms. The van der Waals surface area contributed by atoms with Gasteiger partial charge in [0.25, 0.3) is 11.8 Å². The highest BCUT2D eigenvalue weighted by molar-refractivity contribution is 6.21. The van der Waals surface area contributed by atoms with Crippen LogP contribution in [-0.4, -0.2) is 45.9 Å². The topological polar surface area (TPSA) is 75.7 Å². The van der Waals surface area contributed by atoms with Crippen molar-refractivity contribution in [2.24, 2.45) is 0 Å². The number of allylic oxidation sites excluding steroid dienone is 2. The largest absolute Gasteiger partial charge is 0.449 e. The molecular weight excluding hydrogens is 442 g/mol. The highest BCUT2D eigenvalue weighted by atomic mass is 16.7. The Balaban J connectivity index is 1.52. The molecule has 7 nitrogen and oxygen atoms in total. The summed E-state index contributed by atoms with van der Waals surface area (Å²) in [7, 11) is 0. The lowest BCUT2D eigenvalue weighted by atomic mass is 10.0. The van der Waals surface area contributed by atoms with Crippen LogP contribution >= 0.6 is 0 Å². The van der Waals surface area contributed by atoms with E-state index in [-0.39, 0.29) is 28.9 Å². The minimum atomic E-state index is -0.550. The third-order valence-electron chi connectivity index (χ3n) is 6.20. The molecule has 0 spiro atoms. The van der Waals surface area contributed by atoms with Gasteiger partial charge >= 0.3 is 6.03 Å². The molecule has 0 saturated carbocycles. The first kappa shape index (κ1) is 24.6. The monoisotopic (exact) mass is 474 g/mol. The van der Waals surface area contributed by atoms with Crippen LogP contribution in [0.5, 0.6) is 0 Å². The molecule has 4 amide bonds. The van der Waals surface area contributed by atoms with Gasteiger partial charge in [0.15, 0.2) is 0 Å². The number of rotatable bonds is 7. The van der Waals surface area contributed by atoms with Gasteiger partial charge in [-0.1, -0.05) is 43.3 Å². The van der Waals surface area contributed by atoms with Crippen LogP contribution in [0.3, 0.4) is 0 Å². The van der Waals surface area contributed by atoms with Gasteiger partial charge in [-0.15, -0.1) is 0 Å². The number of imide groups is 1. The van der Waals surface area contributed by atoms with E-state index in [0.29, 0.717) is 24.1 Å². The molecule has 35 heavy (non-hydrogen) atoms. The average Bonchev–Trinajstić information content (AvgIpc) is 3.39. The maximum Gasteiger partial charge on any atom is 0.449 e. The molecule has 1 atom stereocenters. The molecule has 2 aromatic rings. The molecule has 2 aliphatic rings. The molecule has 182 valence electrons. The number of hydroxylamine groups is 1. The summed E-state index contributed by atoms with van der Waals surface area (Å²) in [6, 6.07) is 14.8. The van der Waals surface area contributed by atoms with Gasteiger partial charge in [0.1, 0.15) is 12.4 Å². The number of hydrogen-bond acceptors (Lipinski definition) is 4. The SMILES string of the molecule is CCc1ccc(C2=C[N+](CCCN3C(=O)c4ccccc4C3=O)(C(=O)NOC(C)(C)C)C=C2)cc1. The lowest BCUT2D eigenvalue weighted by molar-refractivity contribution is -0.742. The first-order chi connectivity index (χ1) is 16.6. The van der Waals surface area contributed by atoms with Crippen LogP contribution in [0.15, 0.2) is 67.0 Å². The van der Waals surface area contributed by atoms with Gasteiger partial charge in [0.2, 0.25) is 0 Å². The van der Waals surface area contributed by atoms with Gasteiger partial charge in [0, 0.05) is 24.6 Å². The zero-order valence-electron chi connectivity index (χ0n) is 20.7. The number of fused-ring (bicyclic) bond motifs is 1. The number of nitrogens with one attached hydrogen (secondary N) is 1. The predicted molar refractivity (Wildman–Crippen MR) is 134 cm³/mol. The molecule has 2 aromatic carbocycles. The lowest BCUT2D eigenvalue weighted by Crippen LogP contribution is -2.51. The van der Waals surface area contributed by atoms with Crippen molar-refractivity contribution in [3.05, 3.63) is 89.3 Å². The molecule has 0 fully saturated rings. The fraction of sp³-hybridized carbons (Fsp3) is 0.321. The summed E-state index contributed by atoms with van der Waals surface area (Å²) in [6.07, 6.45) is 7.05. The molecular formula is C28H32N3O4+. The van der Waals surface area contributed by atoms with Crippen molar-refractivity contribution >= 4 is 23.4 Å². The van der Waals surface area contributed by atoms with E-state index in [1.165, 1.54) is 10.5 Å². The van der Waals surface area contributed by atoms with E-state index < -0.39 is 5.60 Å². The van der Waals surface area contributed by atoms with E-state index >= 15 is 0 Å². The summed E-state index contributed by atoms with van der Waals surface area (Å²) in [6.45, 7) is 8.27. The Kier molecular flexibility index (Phi) is 6.74. The Labute approximate surface area is 206 Å². The number of urea groups is 1. The van der Waals surface area contributed by atoms with Gasteiger partial charge in [-0.05, 0) is 50.5 Å². The van der Waals surface area contributed by atoms with E-state index in [9.17, 15) is 14.4 Å². The van der Waals surface area contributed by atoms with Gasteiger partial charge in [-0.3, -0.25) is 19.3 Å². The highest BCUT2D eigenvalue weighted by Gasteiger charge is 2.40. The van der Waals surface area contributed by atoms with E-state index in [4.69, 9.17) is 4.84 Å². The number of aryl methyl sites for hydroxylation is 1. The van der Waals surface area contributed by atoms with E-state index in [2.05, 4.69) is 36.7 Å². The van der Waals surface area contributed by atoms with Crippen LogP contribution in [0.2, 0.25) is 0 Å². The minimum Gasteiger partial charge on any atom is -0.274 e. The molecule has 2 aliphatic heterocycles. The number of quaternary nitrogens is 1. The van der Waals surface area contributed by atoms with Crippen LogP contribution in [0.4, 0.5) is 4.79 Å². The van der Waals surface area contributed by atoms with Gasteiger partial charge in [-0.2, -0.15) is 9.96 Å². The zero-order chi connectivity index (χ0) is 25.2. The molecule has 0 aliphatic carbocycles.